The quantitative estimate of drug-likeness (QED) is 0.653. The maximum atomic E-state index is 5.68. The van der Waals surface area contributed by atoms with Gasteiger partial charge in [0.15, 0.2) is 0 Å². The van der Waals surface area contributed by atoms with E-state index >= 15 is 0 Å². The van der Waals surface area contributed by atoms with Gasteiger partial charge in [-0.25, -0.2) is 0 Å². The molecule has 0 spiro atoms. The van der Waals surface area contributed by atoms with E-state index in [1.54, 1.807) is 6.20 Å². The van der Waals surface area contributed by atoms with Crippen molar-refractivity contribution in [3.63, 3.8) is 0 Å². The van der Waals surface area contributed by atoms with Crippen molar-refractivity contribution in [1.29, 1.82) is 0 Å². The summed E-state index contributed by atoms with van der Waals surface area (Å²) in [7, 11) is 0. The monoisotopic (exact) mass is 221 g/mol. The molecule has 17 heavy (non-hydrogen) atoms. The number of furan rings is 1. The molecule has 0 N–H and O–H groups in total. The number of para-hydroxylation sites is 1. The molecule has 0 amide bonds. The van der Waals surface area contributed by atoms with Gasteiger partial charge in [0, 0.05) is 11.6 Å². The molecule has 0 saturated carbocycles. The summed E-state index contributed by atoms with van der Waals surface area (Å²) in [6.07, 6.45) is 5.65. The molecule has 2 aromatic heterocycles. The van der Waals surface area contributed by atoms with Crippen LogP contribution in [0.1, 0.15) is 11.5 Å². The van der Waals surface area contributed by atoms with Crippen molar-refractivity contribution >= 4 is 23.1 Å². The highest BCUT2D eigenvalue weighted by Crippen LogP contribution is 2.20. The fourth-order valence-corrected chi connectivity index (χ4v) is 1.73. The summed E-state index contributed by atoms with van der Waals surface area (Å²) in [5.74, 6) is 0.844. The summed E-state index contributed by atoms with van der Waals surface area (Å²) in [6.45, 7) is 0. The number of pyridine rings is 1. The van der Waals surface area contributed by atoms with Crippen molar-refractivity contribution in [3.8, 4) is 0 Å². The van der Waals surface area contributed by atoms with Crippen LogP contribution in [0.25, 0.3) is 23.1 Å². The number of rotatable bonds is 2. The first-order chi connectivity index (χ1) is 8.42. The van der Waals surface area contributed by atoms with Crippen LogP contribution in [0.15, 0.2) is 59.1 Å². The molecule has 3 rings (SSSR count). The molecule has 2 heterocycles. The zero-order valence-corrected chi connectivity index (χ0v) is 9.21. The lowest BCUT2D eigenvalue weighted by molar-refractivity contribution is 0.604. The Morgan fingerprint density at radius 3 is 2.65 bits per heavy atom. The van der Waals surface area contributed by atoms with E-state index in [1.165, 1.54) is 0 Å². The third kappa shape index (κ3) is 2.11. The van der Waals surface area contributed by atoms with Gasteiger partial charge in [-0.05, 0) is 36.4 Å². The SMILES string of the molecule is C(=C\c1cc2ccccc2o1)/c1ccccn1. The minimum atomic E-state index is 0.844. The van der Waals surface area contributed by atoms with E-state index in [2.05, 4.69) is 4.98 Å². The molecule has 2 heteroatoms. The maximum Gasteiger partial charge on any atom is 0.134 e. The highest BCUT2D eigenvalue weighted by molar-refractivity contribution is 5.81. The summed E-state index contributed by atoms with van der Waals surface area (Å²) >= 11 is 0. The molecular weight excluding hydrogens is 210 g/mol. The van der Waals surface area contributed by atoms with Crippen LogP contribution >= 0.6 is 0 Å². The van der Waals surface area contributed by atoms with E-state index in [4.69, 9.17) is 4.42 Å². The summed E-state index contributed by atoms with van der Waals surface area (Å²) in [6, 6.07) is 15.8. The second kappa shape index (κ2) is 4.26. The van der Waals surface area contributed by atoms with Crippen LogP contribution in [0.3, 0.4) is 0 Å². The Labute approximate surface area is 99.2 Å². The summed E-state index contributed by atoms with van der Waals surface area (Å²) in [5.41, 5.74) is 1.83. The molecule has 0 aliphatic rings. The van der Waals surface area contributed by atoms with Gasteiger partial charge in [-0.1, -0.05) is 24.3 Å². The Hall–Kier alpha value is -2.35. The van der Waals surface area contributed by atoms with Crippen LogP contribution < -0.4 is 0 Å². The third-order valence-corrected chi connectivity index (χ3v) is 2.55. The van der Waals surface area contributed by atoms with Crippen molar-refractivity contribution in [2.45, 2.75) is 0 Å². The molecule has 0 radical (unpaired) electrons. The second-order valence-electron chi connectivity index (χ2n) is 3.77. The molecule has 2 nitrogen and oxygen atoms in total. The van der Waals surface area contributed by atoms with Crippen molar-refractivity contribution in [2.75, 3.05) is 0 Å². The topological polar surface area (TPSA) is 26.0 Å². The Balaban J connectivity index is 1.92. The van der Waals surface area contributed by atoms with E-state index in [1.807, 2.05) is 60.7 Å². The molecule has 82 valence electrons. The van der Waals surface area contributed by atoms with E-state index in [-0.39, 0.29) is 0 Å². The smallest absolute Gasteiger partial charge is 0.134 e. The summed E-state index contributed by atoms with van der Waals surface area (Å²) in [4.78, 5) is 4.22. The predicted molar refractivity (Wildman–Crippen MR) is 69.4 cm³/mol. The minimum absolute atomic E-state index is 0.844. The van der Waals surface area contributed by atoms with Gasteiger partial charge in [0.2, 0.25) is 0 Å². The molecule has 3 aromatic rings. The average Bonchev–Trinajstić information content (AvgIpc) is 2.80. The van der Waals surface area contributed by atoms with Gasteiger partial charge in [-0.3, -0.25) is 4.98 Å². The molecule has 0 aliphatic carbocycles. The third-order valence-electron chi connectivity index (χ3n) is 2.55. The van der Waals surface area contributed by atoms with Crippen LogP contribution in [0.4, 0.5) is 0 Å². The zero-order chi connectivity index (χ0) is 11.5. The lowest BCUT2D eigenvalue weighted by atomic mass is 10.2. The molecule has 0 unspecified atom stereocenters. The number of hydrogen-bond acceptors (Lipinski definition) is 2. The predicted octanol–water partition coefficient (Wildman–Crippen LogP) is 4.00. The van der Waals surface area contributed by atoms with E-state index in [0.29, 0.717) is 0 Å². The molecule has 0 atom stereocenters. The fourth-order valence-electron chi connectivity index (χ4n) is 1.73. The molecule has 0 fully saturated rings. The number of fused-ring (bicyclic) bond motifs is 1. The Kier molecular flexibility index (Phi) is 2.47. The number of hydrogen-bond donors (Lipinski definition) is 0. The number of benzene rings is 1. The van der Waals surface area contributed by atoms with Crippen LogP contribution in [-0.4, -0.2) is 4.98 Å². The summed E-state index contributed by atoms with van der Waals surface area (Å²) < 4.78 is 5.68. The Bertz CT molecular complexity index is 620. The van der Waals surface area contributed by atoms with Crippen LogP contribution in [-0.2, 0) is 0 Å². The standard InChI is InChI=1S/C15H11NO/c1-2-7-15-12(5-1)11-14(17-15)9-8-13-6-3-4-10-16-13/h1-11H/b9-8+. The van der Waals surface area contributed by atoms with Gasteiger partial charge in [0.25, 0.3) is 0 Å². The van der Waals surface area contributed by atoms with Crippen LogP contribution in [0.2, 0.25) is 0 Å². The average molecular weight is 221 g/mol. The normalized spacial score (nSPS) is 11.3. The van der Waals surface area contributed by atoms with Gasteiger partial charge in [-0.2, -0.15) is 0 Å². The van der Waals surface area contributed by atoms with E-state index < -0.39 is 0 Å². The first-order valence-corrected chi connectivity index (χ1v) is 5.49. The van der Waals surface area contributed by atoms with Crippen molar-refractivity contribution < 1.29 is 4.42 Å². The van der Waals surface area contributed by atoms with Gasteiger partial charge in [-0.15, -0.1) is 0 Å². The summed E-state index contributed by atoms with van der Waals surface area (Å²) in [5, 5.41) is 1.12. The Morgan fingerprint density at radius 1 is 0.941 bits per heavy atom. The van der Waals surface area contributed by atoms with Gasteiger partial charge in [0.05, 0.1) is 5.69 Å². The van der Waals surface area contributed by atoms with Gasteiger partial charge >= 0.3 is 0 Å². The molecule has 1 aromatic carbocycles. The lowest BCUT2D eigenvalue weighted by Crippen LogP contribution is -1.75. The maximum absolute atomic E-state index is 5.68. The van der Waals surface area contributed by atoms with Crippen molar-refractivity contribution in [1.82, 2.24) is 4.98 Å². The zero-order valence-electron chi connectivity index (χ0n) is 9.21. The number of aromatic nitrogens is 1. The molecular formula is C15H11NO. The van der Waals surface area contributed by atoms with Crippen molar-refractivity contribution in [3.05, 3.63) is 66.2 Å². The highest BCUT2D eigenvalue weighted by Gasteiger charge is 1.98. The van der Waals surface area contributed by atoms with Crippen LogP contribution in [0.5, 0.6) is 0 Å². The first kappa shape index (κ1) is 9.85. The fraction of sp³-hybridized carbons (Fsp3) is 0. The van der Waals surface area contributed by atoms with Gasteiger partial charge in [0.1, 0.15) is 11.3 Å². The molecule has 0 aliphatic heterocycles. The number of nitrogens with zero attached hydrogens (tertiary/aromatic N) is 1. The molecule has 0 bridgehead atoms. The van der Waals surface area contributed by atoms with E-state index in [9.17, 15) is 0 Å². The molecule has 0 saturated heterocycles. The van der Waals surface area contributed by atoms with Crippen molar-refractivity contribution in [2.24, 2.45) is 0 Å². The lowest BCUT2D eigenvalue weighted by Gasteiger charge is -1.88. The van der Waals surface area contributed by atoms with Gasteiger partial charge < -0.3 is 4.42 Å². The van der Waals surface area contributed by atoms with E-state index in [0.717, 1.165) is 22.4 Å². The van der Waals surface area contributed by atoms with Crippen LogP contribution in [0, 0.1) is 0 Å². The first-order valence-electron chi connectivity index (χ1n) is 5.49. The largest absolute Gasteiger partial charge is 0.457 e. The second-order valence-corrected chi connectivity index (χ2v) is 3.77. The highest BCUT2D eigenvalue weighted by atomic mass is 16.3. The Morgan fingerprint density at radius 2 is 1.82 bits per heavy atom. The minimum Gasteiger partial charge on any atom is -0.457 e.